The third kappa shape index (κ3) is 8.03. The fraction of sp³-hybridized carbons (Fsp3) is 0.778. The Morgan fingerprint density at radius 2 is 1.70 bits per heavy atom. The van der Waals surface area contributed by atoms with Crippen LogP contribution < -0.4 is 0 Å². The molecule has 0 N–H and O–H groups in total. The van der Waals surface area contributed by atoms with E-state index in [1.54, 1.807) is 0 Å². The summed E-state index contributed by atoms with van der Waals surface area (Å²) in [7, 11) is 0. The lowest BCUT2D eigenvalue weighted by Gasteiger charge is -1.88. The van der Waals surface area contributed by atoms with Gasteiger partial charge in [-0.05, 0) is 19.3 Å². The van der Waals surface area contributed by atoms with Crippen molar-refractivity contribution in [1.82, 2.24) is 0 Å². The molecule has 0 saturated carbocycles. The van der Waals surface area contributed by atoms with Crippen molar-refractivity contribution in [2.75, 3.05) is 5.88 Å². The Bertz CT molecular complexity index is 66.8. The van der Waals surface area contributed by atoms with E-state index >= 15 is 0 Å². The van der Waals surface area contributed by atoms with Crippen LogP contribution in [0.2, 0.25) is 0 Å². The topological polar surface area (TPSA) is 0 Å². The zero-order valence-corrected chi connectivity index (χ0v) is 7.53. The van der Waals surface area contributed by atoms with Gasteiger partial charge in [0, 0.05) is 5.88 Å². The highest BCUT2D eigenvalue weighted by Crippen LogP contribution is 1.98. The van der Waals surface area contributed by atoms with E-state index in [1.807, 2.05) is 0 Å². The molecule has 0 atom stereocenters. The minimum Gasteiger partial charge on any atom is -0.127 e. The molecule has 0 aliphatic rings. The Morgan fingerprint density at radius 1 is 1.10 bits per heavy atom. The second kappa shape index (κ2) is 9.03. The maximum atomic E-state index is 5.51. The van der Waals surface area contributed by atoms with Gasteiger partial charge in [0.05, 0.1) is 0 Å². The third-order valence-corrected chi connectivity index (χ3v) is 1.66. The highest BCUT2D eigenvalue weighted by Gasteiger charge is 1.79. The number of rotatable bonds is 6. The van der Waals surface area contributed by atoms with Gasteiger partial charge in [-0.2, -0.15) is 0 Å². The molecule has 0 aliphatic heterocycles. The van der Waals surface area contributed by atoms with Gasteiger partial charge in [0.1, 0.15) is 0 Å². The van der Waals surface area contributed by atoms with Crippen molar-refractivity contribution >= 4 is 11.6 Å². The highest BCUT2D eigenvalue weighted by atomic mass is 35.5. The summed E-state index contributed by atoms with van der Waals surface area (Å²) < 4.78 is 0. The Hall–Kier alpha value is 0.0300. The molecule has 0 aliphatic carbocycles. The molecule has 0 aromatic rings. The van der Waals surface area contributed by atoms with Crippen LogP contribution in [0.4, 0.5) is 0 Å². The first-order valence-electron chi connectivity index (χ1n) is 4.12. The zero-order valence-electron chi connectivity index (χ0n) is 6.78. The van der Waals surface area contributed by atoms with E-state index < -0.39 is 0 Å². The Morgan fingerprint density at radius 3 is 2.20 bits per heavy atom. The van der Waals surface area contributed by atoms with Gasteiger partial charge in [0.15, 0.2) is 0 Å². The van der Waals surface area contributed by atoms with E-state index in [1.165, 1.54) is 19.3 Å². The fourth-order valence-electron chi connectivity index (χ4n) is 0.753. The van der Waals surface area contributed by atoms with Crippen LogP contribution in [0.15, 0.2) is 12.2 Å². The zero-order chi connectivity index (χ0) is 7.66. The predicted octanol–water partition coefficient (Wildman–Crippen LogP) is 3.75. The van der Waals surface area contributed by atoms with Crippen LogP contribution in [0.25, 0.3) is 0 Å². The van der Waals surface area contributed by atoms with Crippen molar-refractivity contribution in [3.05, 3.63) is 12.2 Å². The van der Waals surface area contributed by atoms with Crippen molar-refractivity contribution in [2.45, 2.75) is 39.0 Å². The molecular formula is C9H17Cl. The van der Waals surface area contributed by atoms with Gasteiger partial charge in [-0.3, -0.25) is 0 Å². The average molecular weight is 161 g/mol. The van der Waals surface area contributed by atoms with Gasteiger partial charge in [-0.15, -0.1) is 11.6 Å². The smallest absolute Gasteiger partial charge is 0.0226 e. The van der Waals surface area contributed by atoms with Crippen LogP contribution in [0.1, 0.15) is 39.0 Å². The summed E-state index contributed by atoms with van der Waals surface area (Å²) in [5.74, 6) is 0.790. The Labute approximate surface area is 69.3 Å². The van der Waals surface area contributed by atoms with Crippen LogP contribution in [-0.4, -0.2) is 5.88 Å². The average Bonchev–Trinajstić information content (AvgIpc) is 1.97. The van der Waals surface area contributed by atoms with E-state index in [-0.39, 0.29) is 0 Å². The number of unbranched alkanes of at least 4 members (excludes halogenated alkanes) is 3. The summed E-state index contributed by atoms with van der Waals surface area (Å²) in [6.07, 6.45) is 10.6. The highest BCUT2D eigenvalue weighted by molar-refractivity contribution is 6.17. The second-order valence-corrected chi connectivity index (χ2v) is 2.82. The molecule has 0 amide bonds. The maximum absolute atomic E-state index is 5.51. The molecular weight excluding hydrogens is 144 g/mol. The molecule has 0 bridgehead atoms. The lowest BCUT2D eigenvalue weighted by Crippen LogP contribution is -1.71. The van der Waals surface area contributed by atoms with E-state index in [0.717, 1.165) is 18.7 Å². The molecule has 0 aromatic heterocycles. The fourth-order valence-corrected chi connectivity index (χ4v) is 0.907. The second-order valence-electron chi connectivity index (χ2n) is 2.44. The summed E-state index contributed by atoms with van der Waals surface area (Å²) in [6, 6.07) is 0. The van der Waals surface area contributed by atoms with Gasteiger partial charge in [0.25, 0.3) is 0 Å². The predicted molar refractivity (Wildman–Crippen MR) is 48.6 cm³/mol. The summed E-state index contributed by atoms with van der Waals surface area (Å²) in [4.78, 5) is 0. The molecule has 60 valence electrons. The van der Waals surface area contributed by atoms with Gasteiger partial charge >= 0.3 is 0 Å². The number of hydrogen-bond acceptors (Lipinski definition) is 0. The van der Waals surface area contributed by atoms with Crippen LogP contribution in [0, 0.1) is 0 Å². The monoisotopic (exact) mass is 160 g/mol. The van der Waals surface area contributed by atoms with E-state index in [4.69, 9.17) is 11.6 Å². The summed E-state index contributed by atoms with van der Waals surface area (Å²) in [6.45, 7) is 2.21. The van der Waals surface area contributed by atoms with Gasteiger partial charge in [0.2, 0.25) is 0 Å². The summed E-state index contributed by atoms with van der Waals surface area (Å²) in [5, 5.41) is 0. The van der Waals surface area contributed by atoms with Crippen LogP contribution >= 0.6 is 11.6 Å². The standard InChI is InChI=1S/C9H17Cl/c1-2-3-4-5-6-7-8-9-10/h5-6H,2-4,7-9H2,1H3/b6-5+. The van der Waals surface area contributed by atoms with E-state index in [2.05, 4.69) is 19.1 Å². The summed E-state index contributed by atoms with van der Waals surface area (Å²) >= 11 is 5.51. The first-order valence-corrected chi connectivity index (χ1v) is 4.66. The molecule has 1 heteroatoms. The van der Waals surface area contributed by atoms with E-state index in [0.29, 0.717) is 0 Å². The minimum absolute atomic E-state index is 0.790. The first-order chi connectivity index (χ1) is 4.91. The first kappa shape index (κ1) is 10.0. The summed E-state index contributed by atoms with van der Waals surface area (Å²) in [5.41, 5.74) is 0. The molecule has 0 rings (SSSR count). The Kier molecular flexibility index (Phi) is 9.06. The molecule has 0 unspecified atom stereocenters. The molecule has 0 nitrogen and oxygen atoms in total. The SMILES string of the molecule is CCCC/C=C/CCCCl. The van der Waals surface area contributed by atoms with Crippen molar-refractivity contribution < 1.29 is 0 Å². The Balaban J connectivity index is 2.89. The lowest BCUT2D eigenvalue weighted by molar-refractivity contribution is 0.810. The lowest BCUT2D eigenvalue weighted by atomic mass is 10.2. The molecule has 0 saturated heterocycles. The third-order valence-electron chi connectivity index (χ3n) is 1.40. The van der Waals surface area contributed by atoms with Crippen LogP contribution in [0.3, 0.4) is 0 Å². The molecule has 0 fully saturated rings. The van der Waals surface area contributed by atoms with E-state index in [9.17, 15) is 0 Å². The van der Waals surface area contributed by atoms with Crippen molar-refractivity contribution in [1.29, 1.82) is 0 Å². The molecule has 0 radical (unpaired) electrons. The molecule has 10 heavy (non-hydrogen) atoms. The minimum atomic E-state index is 0.790. The van der Waals surface area contributed by atoms with Gasteiger partial charge in [-0.1, -0.05) is 31.9 Å². The van der Waals surface area contributed by atoms with Crippen molar-refractivity contribution in [3.63, 3.8) is 0 Å². The molecule has 0 aromatic carbocycles. The van der Waals surface area contributed by atoms with Crippen LogP contribution in [-0.2, 0) is 0 Å². The largest absolute Gasteiger partial charge is 0.127 e. The normalized spacial score (nSPS) is 11.0. The van der Waals surface area contributed by atoms with Crippen molar-refractivity contribution in [3.8, 4) is 0 Å². The number of alkyl halides is 1. The number of allylic oxidation sites excluding steroid dienone is 2. The molecule has 0 spiro atoms. The van der Waals surface area contributed by atoms with Crippen LogP contribution in [0.5, 0.6) is 0 Å². The quantitative estimate of drug-likeness (QED) is 0.316. The maximum Gasteiger partial charge on any atom is 0.0226 e. The number of halogens is 1. The van der Waals surface area contributed by atoms with Crippen molar-refractivity contribution in [2.24, 2.45) is 0 Å². The molecule has 0 heterocycles. The van der Waals surface area contributed by atoms with Gasteiger partial charge < -0.3 is 0 Å². The van der Waals surface area contributed by atoms with Gasteiger partial charge in [-0.25, -0.2) is 0 Å². The number of hydrogen-bond donors (Lipinski definition) is 0.